The standard InChI is InChI=1S/C12H23N5/c1-2-3-10-17-11(13)14-12(15-17)16-8-6-4-5-7-9-16/h2-10H2,1H3,(H2,13,14,15). The van der Waals surface area contributed by atoms with Gasteiger partial charge in [-0.3, -0.25) is 0 Å². The molecule has 0 saturated carbocycles. The van der Waals surface area contributed by atoms with Crippen LogP contribution in [0.25, 0.3) is 0 Å². The summed E-state index contributed by atoms with van der Waals surface area (Å²) in [5, 5.41) is 4.52. The van der Waals surface area contributed by atoms with E-state index in [4.69, 9.17) is 5.73 Å². The lowest BCUT2D eigenvalue weighted by Crippen LogP contribution is -2.25. The summed E-state index contributed by atoms with van der Waals surface area (Å²) < 4.78 is 1.84. The van der Waals surface area contributed by atoms with E-state index in [-0.39, 0.29) is 0 Å². The fraction of sp³-hybridized carbons (Fsp3) is 0.833. The first-order valence-electron chi connectivity index (χ1n) is 6.76. The molecule has 0 atom stereocenters. The zero-order chi connectivity index (χ0) is 12.1. The van der Waals surface area contributed by atoms with Crippen LogP contribution in [-0.2, 0) is 6.54 Å². The molecule has 1 aromatic rings. The van der Waals surface area contributed by atoms with Crippen molar-refractivity contribution in [3.05, 3.63) is 0 Å². The first kappa shape index (κ1) is 12.2. The molecule has 0 aromatic carbocycles. The van der Waals surface area contributed by atoms with E-state index in [9.17, 15) is 0 Å². The van der Waals surface area contributed by atoms with Crippen LogP contribution in [0.5, 0.6) is 0 Å². The van der Waals surface area contributed by atoms with Gasteiger partial charge in [0.1, 0.15) is 0 Å². The number of nitrogen functional groups attached to an aromatic ring is 1. The highest BCUT2D eigenvalue weighted by molar-refractivity contribution is 5.35. The maximum absolute atomic E-state index is 5.89. The van der Waals surface area contributed by atoms with Gasteiger partial charge in [0, 0.05) is 19.6 Å². The number of rotatable bonds is 4. The molecule has 1 aliphatic heterocycles. The minimum Gasteiger partial charge on any atom is -0.368 e. The fourth-order valence-electron chi connectivity index (χ4n) is 2.22. The number of nitrogens with two attached hydrogens (primary N) is 1. The lowest BCUT2D eigenvalue weighted by Gasteiger charge is -2.17. The Morgan fingerprint density at radius 1 is 1.18 bits per heavy atom. The van der Waals surface area contributed by atoms with Crippen molar-refractivity contribution in [2.45, 2.75) is 52.0 Å². The molecule has 1 saturated heterocycles. The van der Waals surface area contributed by atoms with E-state index in [1.165, 1.54) is 25.7 Å². The Hall–Kier alpha value is -1.26. The van der Waals surface area contributed by atoms with E-state index in [0.717, 1.165) is 38.4 Å². The molecule has 0 bridgehead atoms. The van der Waals surface area contributed by atoms with Crippen molar-refractivity contribution in [2.75, 3.05) is 23.7 Å². The maximum Gasteiger partial charge on any atom is 0.246 e. The lowest BCUT2D eigenvalue weighted by molar-refractivity contribution is 0.575. The molecule has 0 amide bonds. The van der Waals surface area contributed by atoms with Crippen LogP contribution in [0.3, 0.4) is 0 Å². The van der Waals surface area contributed by atoms with E-state index >= 15 is 0 Å². The van der Waals surface area contributed by atoms with Gasteiger partial charge in [-0.05, 0) is 19.3 Å². The number of anilines is 2. The average Bonchev–Trinajstić information content (AvgIpc) is 2.57. The number of aryl methyl sites for hydroxylation is 1. The molecule has 0 radical (unpaired) electrons. The van der Waals surface area contributed by atoms with Crippen molar-refractivity contribution in [2.24, 2.45) is 0 Å². The number of unbranched alkanes of at least 4 members (excludes halogenated alkanes) is 1. The Morgan fingerprint density at radius 3 is 2.53 bits per heavy atom. The van der Waals surface area contributed by atoms with Gasteiger partial charge in [-0.25, -0.2) is 4.68 Å². The van der Waals surface area contributed by atoms with Gasteiger partial charge in [-0.2, -0.15) is 4.98 Å². The van der Waals surface area contributed by atoms with Crippen LogP contribution in [0.4, 0.5) is 11.9 Å². The zero-order valence-electron chi connectivity index (χ0n) is 10.7. The van der Waals surface area contributed by atoms with Crippen LogP contribution in [-0.4, -0.2) is 27.9 Å². The Morgan fingerprint density at radius 2 is 1.88 bits per heavy atom. The molecule has 0 unspecified atom stereocenters. The highest BCUT2D eigenvalue weighted by Gasteiger charge is 2.15. The van der Waals surface area contributed by atoms with Gasteiger partial charge >= 0.3 is 0 Å². The Kier molecular flexibility index (Phi) is 4.23. The summed E-state index contributed by atoms with van der Waals surface area (Å²) in [6.45, 7) is 5.18. The Bertz CT molecular complexity index is 339. The fourth-order valence-corrected chi connectivity index (χ4v) is 2.22. The quantitative estimate of drug-likeness (QED) is 0.870. The molecule has 5 heteroatoms. The number of hydrogen-bond donors (Lipinski definition) is 1. The van der Waals surface area contributed by atoms with Crippen molar-refractivity contribution in [3.8, 4) is 0 Å². The molecular weight excluding hydrogens is 214 g/mol. The van der Waals surface area contributed by atoms with Gasteiger partial charge in [-0.1, -0.05) is 26.2 Å². The van der Waals surface area contributed by atoms with Gasteiger partial charge < -0.3 is 10.6 Å². The summed E-state index contributed by atoms with van der Waals surface area (Å²) in [4.78, 5) is 6.65. The smallest absolute Gasteiger partial charge is 0.246 e. The predicted octanol–water partition coefficient (Wildman–Crippen LogP) is 2.04. The number of hydrogen-bond acceptors (Lipinski definition) is 4. The average molecular weight is 237 g/mol. The van der Waals surface area contributed by atoms with Gasteiger partial charge in [-0.15, -0.1) is 5.10 Å². The van der Waals surface area contributed by atoms with Gasteiger partial charge in [0.15, 0.2) is 0 Å². The number of nitrogens with zero attached hydrogens (tertiary/aromatic N) is 4. The first-order chi connectivity index (χ1) is 8.31. The van der Waals surface area contributed by atoms with E-state index in [1.54, 1.807) is 0 Å². The van der Waals surface area contributed by atoms with Crippen LogP contribution in [0.2, 0.25) is 0 Å². The number of aromatic nitrogens is 3. The molecule has 2 heterocycles. The highest BCUT2D eigenvalue weighted by Crippen LogP contribution is 2.17. The minimum absolute atomic E-state index is 0.553. The molecule has 0 spiro atoms. The second-order valence-electron chi connectivity index (χ2n) is 4.75. The monoisotopic (exact) mass is 237 g/mol. The van der Waals surface area contributed by atoms with Gasteiger partial charge in [0.2, 0.25) is 11.9 Å². The first-order valence-corrected chi connectivity index (χ1v) is 6.76. The second-order valence-corrected chi connectivity index (χ2v) is 4.75. The van der Waals surface area contributed by atoms with Gasteiger partial charge in [0.25, 0.3) is 0 Å². The molecule has 17 heavy (non-hydrogen) atoms. The third kappa shape index (κ3) is 3.11. The van der Waals surface area contributed by atoms with Crippen LogP contribution in [0.1, 0.15) is 45.4 Å². The zero-order valence-corrected chi connectivity index (χ0v) is 10.7. The molecule has 1 aromatic heterocycles. The van der Waals surface area contributed by atoms with Crippen LogP contribution in [0, 0.1) is 0 Å². The van der Waals surface area contributed by atoms with Crippen LogP contribution >= 0.6 is 0 Å². The second kappa shape index (κ2) is 5.89. The largest absolute Gasteiger partial charge is 0.368 e. The van der Waals surface area contributed by atoms with Gasteiger partial charge in [0.05, 0.1) is 0 Å². The summed E-state index contributed by atoms with van der Waals surface area (Å²) in [7, 11) is 0. The van der Waals surface area contributed by atoms with E-state index in [0.29, 0.717) is 5.95 Å². The molecule has 2 rings (SSSR count). The Labute approximate surface area is 103 Å². The SMILES string of the molecule is CCCCn1nc(N2CCCCCC2)nc1N. The summed E-state index contributed by atoms with van der Waals surface area (Å²) in [6.07, 6.45) is 7.38. The van der Waals surface area contributed by atoms with Crippen molar-refractivity contribution in [3.63, 3.8) is 0 Å². The summed E-state index contributed by atoms with van der Waals surface area (Å²) >= 11 is 0. The highest BCUT2D eigenvalue weighted by atomic mass is 15.4. The van der Waals surface area contributed by atoms with Crippen LogP contribution in [0.15, 0.2) is 0 Å². The topological polar surface area (TPSA) is 60.0 Å². The molecule has 1 aliphatic rings. The molecule has 2 N–H and O–H groups in total. The predicted molar refractivity (Wildman–Crippen MR) is 70.0 cm³/mol. The van der Waals surface area contributed by atoms with E-state index in [1.807, 2.05) is 4.68 Å². The van der Waals surface area contributed by atoms with Crippen molar-refractivity contribution < 1.29 is 0 Å². The minimum atomic E-state index is 0.553. The molecule has 5 nitrogen and oxygen atoms in total. The lowest BCUT2D eigenvalue weighted by atomic mass is 10.2. The summed E-state index contributed by atoms with van der Waals surface area (Å²) in [5.74, 6) is 1.37. The van der Waals surface area contributed by atoms with Crippen molar-refractivity contribution in [1.82, 2.24) is 14.8 Å². The normalized spacial score (nSPS) is 17.1. The van der Waals surface area contributed by atoms with E-state index < -0.39 is 0 Å². The molecule has 96 valence electrons. The maximum atomic E-state index is 5.89. The van der Waals surface area contributed by atoms with E-state index in [2.05, 4.69) is 21.9 Å². The third-order valence-electron chi connectivity index (χ3n) is 3.30. The summed E-state index contributed by atoms with van der Waals surface area (Å²) in [6, 6.07) is 0. The van der Waals surface area contributed by atoms with Crippen LogP contribution < -0.4 is 10.6 Å². The third-order valence-corrected chi connectivity index (χ3v) is 3.30. The van der Waals surface area contributed by atoms with Crippen molar-refractivity contribution in [1.29, 1.82) is 0 Å². The summed E-state index contributed by atoms with van der Waals surface area (Å²) in [5.41, 5.74) is 5.89. The van der Waals surface area contributed by atoms with Crippen molar-refractivity contribution >= 4 is 11.9 Å². The molecule has 0 aliphatic carbocycles. The Balaban J connectivity index is 2.04. The molecule has 1 fully saturated rings. The molecular formula is C12H23N5.